The summed E-state index contributed by atoms with van der Waals surface area (Å²) in [7, 11) is 3.10. The molecule has 0 radical (unpaired) electrons. The van der Waals surface area contributed by atoms with Crippen LogP contribution in [0.25, 0.3) is 6.08 Å². The molecular weight excluding hydrogens is 395 g/mol. The van der Waals surface area contributed by atoms with Gasteiger partial charge in [0.25, 0.3) is 0 Å². The summed E-state index contributed by atoms with van der Waals surface area (Å²) in [6, 6.07) is 10.3. The number of benzene rings is 2. The van der Waals surface area contributed by atoms with E-state index in [0.717, 1.165) is 5.56 Å². The third kappa shape index (κ3) is 5.62. The Morgan fingerprint density at radius 2 is 1.77 bits per heavy atom. The smallest absolute Gasteiger partial charge is 0.250 e. The summed E-state index contributed by atoms with van der Waals surface area (Å²) in [4.78, 5) is 12.0. The number of carbonyl (C=O) groups excluding carboxylic acids is 1. The van der Waals surface area contributed by atoms with Crippen LogP contribution >= 0.6 is 35.4 Å². The lowest BCUT2D eigenvalue weighted by atomic mass is 10.2. The van der Waals surface area contributed by atoms with Crippen molar-refractivity contribution in [3.8, 4) is 11.5 Å². The summed E-state index contributed by atoms with van der Waals surface area (Å²) in [5.74, 6) is 0.810. The fourth-order valence-corrected chi connectivity index (χ4v) is 2.53. The van der Waals surface area contributed by atoms with Crippen LogP contribution in [0.15, 0.2) is 42.5 Å². The van der Waals surface area contributed by atoms with E-state index in [-0.39, 0.29) is 11.0 Å². The van der Waals surface area contributed by atoms with Gasteiger partial charge in [0.15, 0.2) is 16.6 Å². The maximum absolute atomic E-state index is 12.0. The van der Waals surface area contributed by atoms with Crippen LogP contribution in [0.5, 0.6) is 11.5 Å². The molecule has 0 atom stereocenters. The van der Waals surface area contributed by atoms with Crippen LogP contribution in [-0.2, 0) is 4.79 Å². The lowest BCUT2D eigenvalue weighted by Crippen LogP contribution is -2.32. The van der Waals surface area contributed by atoms with E-state index >= 15 is 0 Å². The number of carbonyl (C=O) groups is 1. The number of hydrogen-bond donors (Lipinski definition) is 2. The molecule has 0 fully saturated rings. The molecule has 2 N–H and O–H groups in total. The van der Waals surface area contributed by atoms with E-state index in [1.165, 1.54) is 6.08 Å². The molecule has 2 aromatic carbocycles. The van der Waals surface area contributed by atoms with E-state index in [9.17, 15) is 4.79 Å². The SMILES string of the molecule is COc1ccc(C=CC(=O)NC(=S)Nc2ccc(Cl)c(Cl)c2)cc1OC. The van der Waals surface area contributed by atoms with Crippen molar-refractivity contribution < 1.29 is 14.3 Å². The Hall–Kier alpha value is -2.28. The molecule has 5 nitrogen and oxygen atoms in total. The Labute approximate surface area is 166 Å². The first-order valence-corrected chi connectivity index (χ1v) is 8.56. The van der Waals surface area contributed by atoms with Crippen LogP contribution in [0.4, 0.5) is 5.69 Å². The first kappa shape index (κ1) is 20.0. The molecular formula is C18H16Cl2N2O3S. The first-order chi connectivity index (χ1) is 12.4. The zero-order valence-electron chi connectivity index (χ0n) is 14.0. The Bertz CT molecular complexity index is 856. The number of nitrogens with one attached hydrogen (secondary N) is 2. The second kappa shape index (κ2) is 9.43. The van der Waals surface area contributed by atoms with Gasteiger partial charge in [-0.15, -0.1) is 0 Å². The van der Waals surface area contributed by atoms with Crippen molar-refractivity contribution in [1.82, 2.24) is 5.32 Å². The van der Waals surface area contributed by atoms with E-state index in [0.29, 0.717) is 27.2 Å². The van der Waals surface area contributed by atoms with E-state index < -0.39 is 0 Å². The van der Waals surface area contributed by atoms with Gasteiger partial charge in [0.1, 0.15) is 0 Å². The summed E-state index contributed by atoms with van der Waals surface area (Å²) in [6.07, 6.45) is 3.00. The third-order valence-corrected chi connectivity index (χ3v) is 4.19. The van der Waals surface area contributed by atoms with E-state index in [1.54, 1.807) is 56.7 Å². The Kier molecular flexibility index (Phi) is 7.26. The molecule has 0 saturated carbocycles. The molecule has 0 saturated heterocycles. The van der Waals surface area contributed by atoms with Crippen LogP contribution in [0.3, 0.4) is 0 Å². The van der Waals surface area contributed by atoms with Crippen molar-refractivity contribution in [3.05, 3.63) is 58.1 Å². The number of rotatable bonds is 5. The van der Waals surface area contributed by atoms with Gasteiger partial charge in [-0.25, -0.2) is 0 Å². The minimum atomic E-state index is -0.377. The summed E-state index contributed by atoms with van der Waals surface area (Å²) in [5.41, 5.74) is 1.40. The number of thiocarbonyl (C=S) groups is 1. The maximum Gasteiger partial charge on any atom is 0.250 e. The summed E-state index contributed by atoms with van der Waals surface area (Å²) < 4.78 is 10.4. The number of anilines is 1. The zero-order valence-corrected chi connectivity index (χ0v) is 16.3. The standard InChI is InChI=1S/C18H16Cl2N2O3S/c1-24-15-7-3-11(9-16(15)25-2)4-8-17(23)22-18(26)21-12-5-6-13(19)14(20)10-12/h3-10H,1-2H3,(H2,21,22,23,26). The lowest BCUT2D eigenvalue weighted by molar-refractivity contribution is -0.115. The first-order valence-electron chi connectivity index (χ1n) is 7.40. The van der Waals surface area contributed by atoms with Crippen molar-refractivity contribution >= 4 is 58.2 Å². The number of amides is 1. The molecule has 0 aliphatic rings. The second-order valence-electron chi connectivity index (χ2n) is 5.02. The topological polar surface area (TPSA) is 59.6 Å². The number of halogens is 2. The van der Waals surface area contributed by atoms with Crippen molar-refractivity contribution in [3.63, 3.8) is 0 Å². The molecule has 8 heteroatoms. The molecule has 2 rings (SSSR count). The molecule has 1 amide bonds. The molecule has 136 valence electrons. The fourth-order valence-electron chi connectivity index (χ4n) is 2.02. The Balaban J connectivity index is 1.96. The van der Waals surface area contributed by atoms with Gasteiger partial charge in [-0.3, -0.25) is 10.1 Å². The van der Waals surface area contributed by atoms with Gasteiger partial charge >= 0.3 is 0 Å². The highest BCUT2D eigenvalue weighted by atomic mass is 35.5. The summed E-state index contributed by atoms with van der Waals surface area (Å²) in [5, 5.41) is 6.37. The van der Waals surface area contributed by atoms with Crippen LogP contribution in [0.1, 0.15) is 5.56 Å². The van der Waals surface area contributed by atoms with Crippen molar-refractivity contribution in [2.45, 2.75) is 0 Å². The van der Waals surface area contributed by atoms with Gasteiger partial charge in [-0.1, -0.05) is 29.3 Å². The van der Waals surface area contributed by atoms with Gasteiger partial charge < -0.3 is 14.8 Å². The average Bonchev–Trinajstić information content (AvgIpc) is 2.62. The third-order valence-electron chi connectivity index (χ3n) is 3.25. The van der Waals surface area contributed by atoms with Gasteiger partial charge in [0.05, 0.1) is 24.3 Å². The summed E-state index contributed by atoms with van der Waals surface area (Å²) >= 11 is 16.9. The lowest BCUT2D eigenvalue weighted by Gasteiger charge is -2.09. The largest absolute Gasteiger partial charge is 0.493 e. The van der Waals surface area contributed by atoms with Crippen LogP contribution in [0, 0.1) is 0 Å². The van der Waals surface area contributed by atoms with Crippen molar-refractivity contribution in [2.75, 3.05) is 19.5 Å². The normalized spacial score (nSPS) is 10.5. The Morgan fingerprint density at radius 1 is 1.04 bits per heavy atom. The molecule has 0 aromatic heterocycles. The predicted molar refractivity (Wildman–Crippen MR) is 109 cm³/mol. The van der Waals surface area contributed by atoms with Crippen LogP contribution in [0.2, 0.25) is 10.0 Å². The van der Waals surface area contributed by atoms with Crippen LogP contribution in [-0.4, -0.2) is 25.2 Å². The summed E-state index contributed by atoms with van der Waals surface area (Å²) in [6.45, 7) is 0. The molecule has 0 aliphatic heterocycles. The minimum Gasteiger partial charge on any atom is -0.493 e. The number of methoxy groups -OCH3 is 2. The highest BCUT2D eigenvalue weighted by Gasteiger charge is 2.05. The molecule has 0 bridgehead atoms. The van der Waals surface area contributed by atoms with E-state index in [1.807, 2.05) is 0 Å². The predicted octanol–water partition coefficient (Wildman–Crippen LogP) is 4.54. The average molecular weight is 411 g/mol. The second-order valence-corrected chi connectivity index (χ2v) is 6.24. The van der Waals surface area contributed by atoms with E-state index in [2.05, 4.69) is 10.6 Å². The van der Waals surface area contributed by atoms with Gasteiger partial charge in [-0.05, 0) is 54.2 Å². The Morgan fingerprint density at radius 3 is 2.42 bits per heavy atom. The minimum absolute atomic E-state index is 0.144. The fraction of sp³-hybridized carbons (Fsp3) is 0.111. The number of hydrogen-bond acceptors (Lipinski definition) is 4. The molecule has 0 aliphatic carbocycles. The van der Waals surface area contributed by atoms with Crippen LogP contribution < -0.4 is 20.1 Å². The number of ether oxygens (including phenoxy) is 2. The molecule has 0 heterocycles. The molecule has 2 aromatic rings. The quantitative estimate of drug-likeness (QED) is 0.559. The van der Waals surface area contributed by atoms with Gasteiger partial charge in [0, 0.05) is 11.8 Å². The van der Waals surface area contributed by atoms with Gasteiger partial charge in [0.2, 0.25) is 5.91 Å². The molecule has 26 heavy (non-hydrogen) atoms. The molecule has 0 unspecified atom stereocenters. The van der Waals surface area contributed by atoms with Crippen molar-refractivity contribution in [2.24, 2.45) is 0 Å². The highest BCUT2D eigenvalue weighted by Crippen LogP contribution is 2.28. The van der Waals surface area contributed by atoms with Crippen molar-refractivity contribution in [1.29, 1.82) is 0 Å². The molecule has 0 spiro atoms. The zero-order chi connectivity index (χ0) is 19.1. The van der Waals surface area contributed by atoms with Gasteiger partial charge in [-0.2, -0.15) is 0 Å². The maximum atomic E-state index is 12.0. The van der Waals surface area contributed by atoms with E-state index in [4.69, 9.17) is 44.9 Å². The monoisotopic (exact) mass is 410 g/mol. The highest BCUT2D eigenvalue weighted by molar-refractivity contribution is 7.80.